The molecule has 0 amide bonds. The van der Waals surface area contributed by atoms with Crippen LogP contribution in [0.15, 0.2) is 54.7 Å². The Bertz CT molecular complexity index is 1640. The third-order valence-corrected chi connectivity index (χ3v) is 7.04. The quantitative estimate of drug-likeness (QED) is 0.290. The van der Waals surface area contributed by atoms with E-state index >= 15 is 0 Å². The summed E-state index contributed by atoms with van der Waals surface area (Å²) >= 11 is 0. The highest BCUT2D eigenvalue weighted by atomic mass is 19.1. The molecule has 5 rings (SSSR count). The highest BCUT2D eigenvalue weighted by molar-refractivity contribution is 6.04. The van der Waals surface area contributed by atoms with Crippen LogP contribution in [0.1, 0.15) is 52.6 Å². The average molecular weight is 509 g/mol. The molecule has 2 N–H and O–H groups in total. The lowest BCUT2D eigenvalue weighted by molar-refractivity contribution is -0.131. The summed E-state index contributed by atoms with van der Waals surface area (Å²) in [7, 11) is 1.57. The Kier molecular flexibility index (Phi) is 6.75. The summed E-state index contributed by atoms with van der Waals surface area (Å²) in [6.07, 6.45) is 7.45. The summed E-state index contributed by atoms with van der Waals surface area (Å²) in [5, 5.41) is 25.7. The zero-order valence-electron chi connectivity index (χ0n) is 21.0. The van der Waals surface area contributed by atoms with Gasteiger partial charge in [0.05, 0.1) is 23.6 Å². The molecule has 0 spiro atoms. The van der Waals surface area contributed by atoms with Gasteiger partial charge in [0.2, 0.25) is 11.8 Å². The van der Waals surface area contributed by atoms with E-state index in [9.17, 15) is 14.4 Å². The smallest absolute Gasteiger partial charge is 0.328 e. The Morgan fingerprint density at radius 2 is 1.97 bits per heavy atom. The van der Waals surface area contributed by atoms with Crippen LogP contribution in [-0.2, 0) is 4.79 Å². The molecule has 190 valence electrons. The molecular weight excluding hydrogens is 483 g/mol. The van der Waals surface area contributed by atoms with Gasteiger partial charge in [-0.15, -0.1) is 0 Å². The second kappa shape index (κ2) is 10.3. The Balaban J connectivity index is 1.83. The van der Waals surface area contributed by atoms with Gasteiger partial charge in [-0.1, -0.05) is 36.8 Å². The first kappa shape index (κ1) is 24.9. The average Bonchev–Trinajstić information content (AvgIpc) is 3.27. The van der Waals surface area contributed by atoms with Gasteiger partial charge in [0.1, 0.15) is 6.07 Å². The number of nitrogens with one attached hydrogen (secondary N) is 1. The number of aromatic nitrogens is 3. The lowest BCUT2D eigenvalue weighted by Crippen LogP contribution is -2.16. The number of benzene rings is 2. The summed E-state index contributed by atoms with van der Waals surface area (Å²) in [5.74, 6) is -0.949. The van der Waals surface area contributed by atoms with Gasteiger partial charge in [0, 0.05) is 29.5 Å². The maximum absolute atomic E-state index is 14.8. The molecule has 0 saturated heterocycles. The Hall–Kier alpha value is -4.77. The minimum atomic E-state index is -1.03. The maximum atomic E-state index is 14.8. The number of allylic oxidation sites excluding steroid dienone is 1. The number of hydrogen-bond acceptors (Lipinski definition) is 5. The predicted octanol–water partition coefficient (Wildman–Crippen LogP) is 6.14. The number of nitrogens with zero attached hydrogens (tertiary/aromatic N) is 3. The SMILES string of the molecule is COc1cc(C)c(C(=C(c2ccc(C=CC(=O)O)cc2)c2ccc3n[nH]c(F)c3c2C#N)C2CCC2)cn1. The van der Waals surface area contributed by atoms with Crippen LogP contribution in [0, 0.1) is 30.1 Å². The van der Waals surface area contributed by atoms with Gasteiger partial charge >= 0.3 is 5.97 Å². The van der Waals surface area contributed by atoms with Crippen molar-refractivity contribution < 1.29 is 19.0 Å². The number of methoxy groups -OCH3 is 1. The van der Waals surface area contributed by atoms with Crippen LogP contribution in [0.3, 0.4) is 0 Å². The van der Waals surface area contributed by atoms with Gasteiger partial charge in [0.15, 0.2) is 0 Å². The molecule has 0 radical (unpaired) electrons. The van der Waals surface area contributed by atoms with Gasteiger partial charge in [-0.2, -0.15) is 14.8 Å². The second-order valence-electron chi connectivity index (χ2n) is 9.28. The van der Waals surface area contributed by atoms with Gasteiger partial charge in [-0.25, -0.2) is 9.78 Å². The van der Waals surface area contributed by atoms with Crippen molar-refractivity contribution in [1.29, 1.82) is 5.26 Å². The molecule has 4 aromatic rings. The number of halogens is 1. The number of carboxylic acid groups (broad SMARTS) is 1. The fraction of sp³-hybridized carbons (Fsp3) is 0.200. The fourth-order valence-corrected chi connectivity index (χ4v) is 4.96. The van der Waals surface area contributed by atoms with Crippen molar-refractivity contribution >= 4 is 34.1 Å². The van der Waals surface area contributed by atoms with Gasteiger partial charge < -0.3 is 9.84 Å². The molecule has 1 fully saturated rings. The molecule has 1 aliphatic rings. The molecule has 7 nitrogen and oxygen atoms in total. The molecule has 38 heavy (non-hydrogen) atoms. The molecule has 2 aromatic heterocycles. The zero-order valence-corrected chi connectivity index (χ0v) is 21.0. The number of rotatable bonds is 7. The van der Waals surface area contributed by atoms with E-state index in [-0.39, 0.29) is 16.9 Å². The third kappa shape index (κ3) is 4.55. The monoisotopic (exact) mass is 508 g/mol. The lowest BCUT2D eigenvalue weighted by atomic mass is 9.72. The van der Waals surface area contributed by atoms with Crippen molar-refractivity contribution in [2.45, 2.75) is 26.2 Å². The normalized spacial score (nSPS) is 14.3. The number of aliphatic carboxylic acids is 1. The summed E-state index contributed by atoms with van der Waals surface area (Å²) in [4.78, 5) is 15.5. The molecule has 0 unspecified atom stereocenters. The number of fused-ring (bicyclic) bond motifs is 1. The number of pyridine rings is 1. The summed E-state index contributed by atoms with van der Waals surface area (Å²) < 4.78 is 20.1. The van der Waals surface area contributed by atoms with E-state index in [1.54, 1.807) is 19.4 Å². The predicted molar refractivity (Wildman–Crippen MR) is 143 cm³/mol. The first-order valence-corrected chi connectivity index (χ1v) is 12.2. The first-order valence-electron chi connectivity index (χ1n) is 12.2. The van der Waals surface area contributed by atoms with Crippen molar-refractivity contribution in [2.24, 2.45) is 5.92 Å². The number of hydrogen-bond donors (Lipinski definition) is 2. The van der Waals surface area contributed by atoms with Crippen LogP contribution in [-0.4, -0.2) is 33.4 Å². The Morgan fingerprint density at radius 1 is 1.21 bits per heavy atom. The van der Waals surface area contributed by atoms with Gasteiger partial charge in [-0.05, 0) is 65.7 Å². The highest BCUT2D eigenvalue weighted by Crippen LogP contribution is 2.47. The summed E-state index contributed by atoms with van der Waals surface area (Å²) in [6.45, 7) is 2.00. The molecule has 0 bridgehead atoms. The topological polar surface area (TPSA) is 112 Å². The fourth-order valence-electron chi connectivity index (χ4n) is 4.96. The minimum absolute atomic E-state index is 0.154. The van der Waals surface area contributed by atoms with Crippen molar-refractivity contribution in [2.75, 3.05) is 7.11 Å². The lowest BCUT2D eigenvalue weighted by Gasteiger charge is -2.32. The molecular formula is C30H25FN4O3. The molecule has 2 heterocycles. The molecule has 1 saturated carbocycles. The number of H-pyrrole nitrogens is 1. The maximum Gasteiger partial charge on any atom is 0.328 e. The second-order valence-corrected chi connectivity index (χ2v) is 9.28. The summed E-state index contributed by atoms with van der Waals surface area (Å²) in [6, 6.07) is 15.1. The number of carbonyl (C=O) groups is 1. The standard InChI is InChI=1S/C30H25FN4O3/c1-17-14-25(38-2)33-16-23(17)28(19-4-3-5-19)27(20-9-6-18(7-10-20)8-13-26(36)37)21-11-12-24-29(22(21)15-32)30(31)35-34-24/h6-14,16,19H,3-5H2,1-2H3,(H,34,35)(H,36,37). The van der Waals surface area contributed by atoms with Crippen LogP contribution in [0.4, 0.5) is 4.39 Å². The Labute approximate surface area is 218 Å². The number of ether oxygens (including phenoxy) is 1. The largest absolute Gasteiger partial charge is 0.481 e. The van der Waals surface area contributed by atoms with Crippen molar-refractivity contribution in [3.8, 4) is 11.9 Å². The van der Waals surface area contributed by atoms with Crippen LogP contribution in [0.5, 0.6) is 5.88 Å². The van der Waals surface area contributed by atoms with E-state index in [1.165, 1.54) is 6.08 Å². The van der Waals surface area contributed by atoms with Gasteiger partial charge in [0.25, 0.3) is 0 Å². The van der Waals surface area contributed by atoms with E-state index in [0.29, 0.717) is 17.0 Å². The van der Waals surface area contributed by atoms with Crippen LogP contribution < -0.4 is 4.74 Å². The molecule has 8 heteroatoms. The molecule has 0 atom stereocenters. The van der Waals surface area contributed by atoms with Crippen LogP contribution in [0.25, 0.3) is 28.1 Å². The molecule has 1 aliphatic carbocycles. The number of carboxylic acids is 1. The van der Waals surface area contributed by atoms with E-state index in [2.05, 4.69) is 21.3 Å². The van der Waals surface area contributed by atoms with Crippen molar-refractivity contribution in [1.82, 2.24) is 15.2 Å². The van der Waals surface area contributed by atoms with E-state index in [0.717, 1.165) is 58.7 Å². The van der Waals surface area contributed by atoms with E-state index in [1.807, 2.05) is 43.3 Å². The van der Waals surface area contributed by atoms with Crippen molar-refractivity contribution in [3.63, 3.8) is 0 Å². The van der Waals surface area contributed by atoms with E-state index in [4.69, 9.17) is 9.84 Å². The number of nitriles is 1. The van der Waals surface area contributed by atoms with Crippen molar-refractivity contribution in [3.05, 3.63) is 94.1 Å². The highest BCUT2D eigenvalue weighted by Gasteiger charge is 2.30. The third-order valence-electron chi connectivity index (χ3n) is 7.04. The number of aryl methyl sites for hydroxylation is 1. The number of aromatic amines is 1. The van der Waals surface area contributed by atoms with Crippen LogP contribution in [0.2, 0.25) is 0 Å². The molecule has 2 aromatic carbocycles. The Morgan fingerprint density at radius 3 is 2.58 bits per heavy atom. The van der Waals surface area contributed by atoms with E-state index < -0.39 is 11.9 Å². The summed E-state index contributed by atoms with van der Waals surface area (Å²) in [5.41, 5.74) is 6.51. The molecule has 0 aliphatic heterocycles. The van der Waals surface area contributed by atoms with Gasteiger partial charge in [-0.3, -0.25) is 5.10 Å². The van der Waals surface area contributed by atoms with Crippen LogP contribution >= 0.6 is 0 Å². The zero-order chi connectivity index (χ0) is 26.8. The first-order chi connectivity index (χ1) is 18.4. The minimum Gasteiger partial charge on any atom is -0.481 e.